The predicted molar refractivity (Wildman–Crippen MR) is 78.4 cm³/mol. The average Bonchev–Trinajstić information content (AvgIpc) is 2.92. The lowest BCUT2D eigenvalue weighted by Gasteiger charge is -2.21. The van der Waals surface area contributed by atoms with Gasteiger partial charge in [-0.05, 0) is 25.1 Å². The molecule has 21 heavy (non-hydrogen) atoms. The van der Waals surface area contributed by atoms with Crippen molar-refractivity contribution >= 4 is 5.91 Å². The van der Waals surface area contributed by atoms with Crippen LogP contribution in [0.4, 0.5) is 0 Å². The second kappa shape index (κ2) is 6.78. The van der Waals surface area contributed by atoms with Crippen molar-refractivity contribution in [1.29, 1.82) is 0 Å². The molecule has 0 saturated carbocycles. The van der Waals surface area contributed by atoms with E-state index in [1.165, 1.54) is 0 Å². The lowest BCUT2D eigenvalue weighted by molar-refractivity contribution is -0.125. The van der Waals surface area contributed by atoms with Crippen LogP contribution in [0.2, 0.25) is 0 Å². The minimum Gasteiger partial charge on any atom is -0.497 e. The number of hydrogen-bond acceptors (Lipinski definition) is 5. The molecule has 116 valence electrons. The smallest absolute Gasteiger partial charge is 0.227 e. The van der Waals surface area contributed by atoms with Crippen molar-refractivity contribution in [3.63, 3.8) is 0 Å². The van der Waals surface area contributed by atoms with Gasteiger partial charge in [0.2, 0.25) is 5.91 Å². The van der Waals surface area contributed by atoms with Crippen LogP contribution in [0.5, 0.6) is 11.5 Å². The largest absolute Gasteiger partial charge is 0.497 e. The van der Waals surface area contributed by atoms with Gasteiger partial charge in [-0.1, -0.05) is 0 Å². The monoisotopic (exact) mass is 294 g/mol. The summed E-state index contributed by atoms with van der Waals surface area (Å²) in [7, 11) is 3.20. The molecular formula is C15H22N2O4. The molecule has 1 aromatic rings. The van der Waals surface area contributed by atoms with E-state index >= 15 is 0 Å². The Hall–Kier alpha value is -1.79. The minimum atomic E-state index is -0.302. The summed E-state index contributed by atoms with van der Waals surface area (Å²) in [4.78, 5) is 12.3. The number of nitrogens with one attached hydrogen (secondary N) is 1. The first-order valence-corrected chi connectivity index (χ1v) is 6.92. The van der Waals surface area contributed by atoms with Crippen molar-refractivity contribution in [2.45, 2.75) is 19.0 Å². The van der Waals surface area contributed by atoms with Crippen LogP contribution in [0.25, 0.3) is 0 Å². The highest BCUT2D eigenvalue weighted by atomic mass is 16.5. The lowest BCUT2D eigenvalue weighted by Crippen LogP contribution is -2.41. The Morgan fingerprint density at radius 1 is 1.38 bits per heavy atom. The Morgan fingerprint density at radius 3 is 2.71 bits per heavy atom. The Labute approximate surface area is 124 Å². The van der Waals surface area contributed by atoms with Crippen molar-refractivity contribution in [3.05, 3.63) is 23.8 Å². The third-order valence-corrected chi connectivity index (χ3v) is 3.72. The van der Waals surface area contributed by atoms with Crippen LogP contribution in [0.3, 0.4) is 0 Å². The van der Waals surface area contributed by atoms with Crippen LogP contribution < -0.4 is 20.5 Å². The van der Waals surface area contributed by atoms with E-state index in [1.807, 2.05) is 25.1 Å². The topological polar surface area (TPSA) is 82.8 Å². The van der Waals surface area contributed by atoms with Gasteiger partial charge in [-0.2, -0.15) is 0 Å². The zero-order chi connectivity index (χ0) is 15.4. The lowest BCUT2D eigenvalue weighted by atomic mass is 10.0. The van der Waals surface area contributed by atoms with E-state index in [4.69, 9.17) is 19.9 Å². The summed E-state index contributed by atoms with van der Waals surface area (Å²) in [5.74, 6) is 1.02. The number of nitrogens with two attached hydrogens (primary N) is 1. The molecular weight excluding hydrogens is 272 g/mol. The maximum absolute atomic E-state index is 12.3. The quantitative estimate of drug-likeness (QED) is 0.841. The standard InChI is InChI=1S/C15H22N2O4/c1-9(17-15(18)12-7-21-8-13(12)16)11-6-10(19-2)4-5-14(11)20-3/h4-6,9,12-13H,7-8,16H2,1-3H3,(H,17,18). The van der Waals surface area contributed by atoms with E-state index in [0.717, 1.165) is 5.56 Å². The van der Waals surface area contributed by atoms with E-state index in [0.29, 0.717) is 24.7 Å². The fourth-order valence-corrected chi connectivity index (χ4v) is 2.42. The molecule has 3 unspecified atom stereocenters. The molecule has 1 amide bonds. The molecule has 0 aromatic heterocycles. The summed E-state index contributed by atoms with van der Waals surface area (Å²) < 4.78 is 15.8. The summed E-state index contributed by atoms with van der Waals surface area (Å²) in [5, 5.41) is 2.96. The molecule has 0 radical (unpaired) electrons. The highest BCUT2D eigenvalue weighted by Gasteiger charge is 2.32. The van der Waals surface area contributed by atoms with Crippen LogP contribution in [0.15, 0.2) is 18.2 Å². The number of carbonyl (C=O) groups excluding carboxylic acids is 1. The van der Waals surface area contributed by atoms with Gasteiger partial charge in [0.1, 0.15) is 11.5 Å². The number of benzene rings is 1. The molecule has 6 nitrogen and oxygen atoms in total. The van der Waals surface area contributed by atoms with Gasteiger partial charge in [-0.3, -0.25) is 4.79 Å². The molecule has 3 atom stereocenters. The fourth-order valence-electron chi connectivity index (χ4n) is 2.42. The number of amides is 1. The van der Waals surface area contributed by atoms with E-state index in [1.54, 1.807) is 14.2 Å². The SMILES string of the molecule is COc1ccc(OC)c(C(C)NC(=O)C2COCC2N)c1. The van der Waals surface area contributed by atoms with Crippen LogP contribution >= 0.6 is 0 Å². The predicted octanol–water partition coefficient (Wildman–Crippen LogP) is 0.855. The minimum absolute atomic E-state index is 0.0997. The van der Waals surface area contributed by atoms with Gasteiger partial charge in [-0.15, -0.1) is 0 Å². The first-order chi connectivity index (χ1) is 10.1. The van der Waals surface area contributed by atoms with E-state index in [9.17, 15) is 4.79 Å². The summed E-state index contributed by atoms with van der Waals surface area (Å²) in [6.07, 6.45) is 0. The maximum Gasteiger partial charge on any atom is 0.227 e. The summed E-state index contributed by atoms with van der Waals surface area (Å²) in [6.45, 7) is 2.69. The molecule has 0 spiro atoms. The molecule has 1 saturated heterocycles. The molecule has 0 aliphatic carbocycles. The van der Waals surface area contributed by atoms with E-state index in [-0.39, 0.29) is 23.9 Å². The van der Waals surface area contributed by atoms with Crippen molar-refractivity contribution in [2.75, 3.05) is 27.4 Å². The van der Waals surface area contributed by atoms with Crippen molar-refractivity contribution in [3.8, 4) is 11.5 Å². The first-order valence-electron chi connectivity index (χ1n) is 6.92. The van der Waals surface area contributed by atoms with Crippen LogP contribution in [-0.2, 0) is 9.53 Å². The van der Waals surface area contributed by atoms with Crippen molar-refractivity contribution in [2.24, 2.45) is 11.7 Å². The third-order valence-electron chi connectivity index (χ3n) is 3.72. The second-order valence-electron chi connectivity index (χ2n) is 5.15. The Morgan fingerprint density at radius 2 is 2.14 bits per heavy atom. The van der Waals surface area contributed by atoms with Gasteiger partial charge in [0.25, 0.3) is 0 Å². The van der Waals surface area contributed by atoms with Gasteiger partial charge in [0.05, 0.1) is 39.4 Å². The van der Waals surface area contributed by atoms with Crippen LogP contribution in [-0.4, -0.2) is 39.4 Å². The van der Waals surface area contributed by atoms with Crippen molar-refractivity contribution < 1.29 is 19.0 Å². The number of methoxy groups -OCH3 is 2. The van der Waals surface area contributed by atoms with Gasteiger partial charge >= 0.3 is 0 Å². The Kier molecular flexibility index (Phi) is 5.03. The normalized spacial score (nSPS) is 22.7. The third kappa shape index (κ3) is 3.46. The summed E-state index contributed by atoms with van der Waals surface area (Å²) in [5.41, 5.74) is 6.72. The average molecular weight is 294 g/mol. The Balaban J connectivity index is 2.12. The number of rotatable bonds is 5. The molecule has 0 bridgehead atoms. The van der Waals surface area contributed by atoms with Gasteiger partial charge in [0.15, 0.2) is 0 Å². The summed E-state index contributed by atoms with van der Waals surface area (Å²) in [6, 6.07) is 5.04. The van der Waals surface area contributed by atoms with Crippen molar-refractivity contribution in [1.82, 2.24) is 5.32 Å². The Bertz CT molecular complexity index is 506. The molecule has 1 aliphatic rings. The molecule has 3 N–H and O–H groups in total. The molecule has 2 rings (SSSR count). The molecule has 6 heteroatoms. The molecule has 1 aliphatic heterocycles. The first kappa shape index (κ1) is 15.6. The number of hydrogen-bond donors (Lipinski definition) is 2. The number of carbonyl (C=O) groups is 1. The zero-order valence-electron chi connectivity index (χ0n) is 12.6. The zero-order valence-corrected chi connectivity index (χ0v) is 12.6. The maximum atomic E-state index is 12.3. The van der Waals surface area contributed by atoms with Gasteiger partial charge < -0.3 is 25.3 Å². The second-order valence-corrected chi connectivity index (χ2v) is 5.15. The number of ether oxygens (including phenoxy) is 3. The van der Waals surface area contributed by atoms with Crippen LogP contribution in [0, 0.1) is 5.92 Å². The van der Waals surface area contributed by atoms with Gasteiger partial charge in [0, 0.05) is 11.6 Å². The van der Waals surface area contributed by atoms with E-state index < -0.39 is 0 Å². The highest BCUT2D eigenvalue weighted by Crippen LogP contribution is 2.29. The highest BCUT2D eigenvalue weighted by molar-refractivity contribution is 5.80. The van der Waals surface area contributed by atoms with E-state index in [2.05, 4.69) is 5.32 Å². The molecule has 1 heterocycles. The fraction of sp³-hybridized carbons (Fsp3) is 0.533. The van der Waals surface area contributed by atoms with Crippen LogP contribution in [0.1, 0.15) is 18.5 Å². The summed E-state index contributed by atoms with van der Waals surface area (Å²) >= 11 is 0. The molecule has 1 fully saturated rings. The van der Waals surface area contributed by atoms with Gasteiger partial charge in [-0.25, -0.2) is 0 Å². The molecule has 1 aromatic carbocycles.